The zero-order valence-electron chi connectivity index (χ0n) is 18.4. The molecule has 3 nitrogen and oxygen atoms in total. The monoisotopic (exact) mass is 411 g/mol. The molecule has 0 spiro atoms. The molecule has 0 aliphatic heterocycles. The Labute approximate surface area is 179 Å². The molecule has 1 N–H and O–H groups in total. The number of carbonyl (C=O) groups excluding carboxylic acids is 1. The molecule has 4 heteroatoms. The van der Waals surface area contributed by atoms with E-state index >= 15 is 0 Å². The minimum atomic E-state index is 0.154. The van der Waals surface area contributed by atoms with Crippen LogP contribution in [0.4, 0.5) is 0 Å². The largest absolute Gasteiger partial charge is 0.379 e. The third kappa shape index (κ3) is 23.3. The van der Waals surface area contributed by atoms with Crippen molar-refractivity contribution in [1.29, 1.82) is 0 Å². The van der Waals surface area contributed by atoms with Gasteiger partial charge in [-0.05, 0) is 37.5 Å². The van der Waals surface area contributed by atoms with Gasteiger partial charge in [0.05, 0.1) is 13.2 Å². The number of nitrogens with one attached hydrogen (secondary N) is 1. The van der Waals surface area contributed by atoms with Crippen molar-refractivity contribution in [3.05, 3.63) is 24.1 Å². The molecule has 0 rings (SSSR count). The fourth-order valence-electron chi connectivity index (χ4n) is 3.00. The second kappa shape index (κ2) is 24.3. The number of thioether (sulfide) groups is 1. The molecule has 0 saturated carbocycles. The van der Waals surface area contributed by atoms with E-state index in [0.717, 1.165) is 18.6 Å². The molecule has 0 saturated heterocycles. The van der Waals surface area contributed by atoms with Crippen molar-refractivity contribution < 1.29 is 9.53 Å². The molecule has 0 unspecified atom stereocenters. The van der Waals surface area contributed by atoms with Crippen LogP contribution in [0.25, 0.3) is 0 Å². The molecule has 0 bridgehead atoms. The van der Waals surface area contributed by atoms with Crippen molar-refractivity contribution in [1.82, 2.24) is 5.32 Å². The number of hydrogen-bond donors (Lipinski definition) is 1. The predicted molar refractivity (Wildman–Crippen MR) is 126 cm³/mol. The van der Waals surface area contributed by atoms with E-state index in [-0.39, 0.29) is 5.91 Å². The van der Waals surface area contributed by atoms with Crippen molar-refractivity contribution in [3.8, 4) is 0 Å². The minimum Gasteiger partial charge on any atom is -0.379 e. The third-order valence-electron chi connectivity index (χ3n) is 4.70. The number of rotatable bonds is 22. The van der Waals surface area contributed by atoms with E-state index in [1.165, 1.54) is 70.6 Å². The van der Waals surface area contributed by atoms with Crippen LogP contribution in [0.15, 0.2) is 24.1 Å². The van der Waals surface area contributed by atoms with Crippen molar-refractivity contribution in [3.63, 3.8) is 0 Å². The van der Waals surface area contributed by atoms with Gasteiger partial charge >= 0.3 is 0 Å². The van der Waals surface area contributed by atoms with E-state index < -0.39 is 0 Å². The van der Waals surface area contributed by atoms with Gasteiger partial charge in [0.25, 0.3) is 0 Å². The van der Waals surface area contributed by atoms with E-state index in [1.807, 2.05) is 5.41 Å². The van der Waals surface area contributed by atoms with E-state index in [4.69, 9.17) is 4.74 Å². The van der Waals surface area contributed by atoms with Gasteiger partial charge in [-0.3, -0.25) is 4.79 Å². The summed E-state index contributed by atoms with van der Waals surface area (Å²) < 4.78 is 5.43. The Morgan fingerprint density at radius 2 is 1.50 bits per heavy atom. The Bertz CT molecular complexity index is 372. The molecule has 0 heterocycles. The maximum atomic E-state index is 11.7. The van der Waals surface area contributed by atoms with Gasteiger partial charge in [0.1, 0.15) is 0 Å². The first-order valence-corrected chi connectivity index (χ1v) is 12.6. The van der Waals surface area contributed by atoms with Gasteiger partial charge in [0.2, 0.25) is 5.91 Å². The minimum absolute atomic E-state index is 0.154. The number of ether oxygens (including phenoxy) is 1. The van der Waals surface area contributed by atoms with E-state index in [0.29, 0.717) is 26.2 Å². The molecule has 0 radical (unpaired) electrons. The van der Waals surface area contributed by atoms with E-state index in [1.54, 1.807) is 11.8 Å². The number of unbranched alkanes of at least 4 members (excludes halogenated alkanes) is 11. The lowest BCUT2D eigenvalue weighted by atomic mass is 10.1. The average Bonchev–Trinajstić information content (AvgIpc) is 2.70. The Kier molecular flexibility index (Phi) is 23.7. The highest BCUT2D eigenvalue weighted by atomic mass is 32.2. The van der Waals surface area contributed by atoms with Crippen LogP contribution in [0.1, 0.15) is 96.8 Å². The Morgan fingerprint density at radius 1 is 0.893 bits per heavy atom. The fraction of sp³-hybridized carbons (Fsp3) is 0.792. The van der Waals surface area contributed by atoms with Gasteiger partial charge in [-0.25, -0.2) is 0 Å². The molecule has 0 atom stereocenters. The molecular weight excluding hydrogens is 366 g/mol. The number of carbonyl (C=O) groups is 1. The maximum Gasteiger partial charge on any atom is 0.220 e. The summed E-state index contributed by atoms with van der Waals surface area (Å²) in [7, 11) is 0. The van der Waals surface area contributed by atoms with Crippen LogP contribution in [0.5, 0.6) is 0 Å². The molecule has 0 aromatic carbocycles. The van der Waals surface area contributed by atoms with Gasteiger partial charge in [-0.2, -0.15) is 0 Å². The van der Waals surface area contributed by atoms with Crippen LogP contribution < -0.4 is 5.32 Å². The van der Waals surface area contributed by atoms with Gasteiger partial charge in [-0.1, -0.05) is 77.0 Å². The van der Waals surface area contributed by atoms with Gasteiger partial charge < -0.3 is 10.1 Å². The first kappa shape index (κ1) is 27.3. The lowest BCUT2D eigenvalue weighted by Gasteiger charge is -2.06. The predicted octanol–water partition coefficient (Wildman–Crippen LogP) is 7.03. The van der Waals surface area contributed by atoms with Crippen LogP contribution in [0.3, 0.4) is 0 Å². The van der Waals surface area contributed by atoms with Gasteiger partial charge in [0, 0.05) is 18.7 Å². The van der Waals surface area contributed by atoms with Crippen molar-refractivity contribution in [2.45, 2.75) is 96.8 Å². The molecule has 0 aliphatic carbocycles. The molecular formula is C24H45NO2S. The smallest absolute Gasteiger partial charge is 0.220 e. The first-order chi connectivity index (χ1) is 13.8. The van der Waals surface area contributed by atoms with Gasteiger partial charge in [-0.15, -0.1) is 11.8 Å². The highest BCUT2D eigenvalue weighted by molar-refractivity contribution is 8.02. The molecule has 0 aromatic rings. The summed E-state index contributed by atoms with van der Waals surface area (Å²) in [5.41, 5.74) is 0. The van der Waals surface area contributed by atoms with Crippen LogP contribution in [-0.4, -0.2) is 31.4 Å². The topological polar surface area (TPSA) is 38.3 Å². The Hall–Kier alpha value is -0.740. The highest BCUT2D eigenvalue weighted by Gasteiger charge is 2.00. The molecule has 1 amide bonds. The molecule has 164 valence electrons. The average molecular weight is 412 g/mol. The summed E-state index contributed by atoms with van der Waals surface area (Å²) in [5.74, 6) is 1.08. The first-order valence-electron chi connectivity index (χ1n) is 11.5. The second-order valence-corrected chi connectivity index (χ2v) is 8.41. The zero-order chi connectivity index (χ0) is 20.5. The summed E-state index contributed by atoms with van der Waals surface area (Å²) in [4.78, 5) is 11.7. The normalized spacial score (nSPS) is 11.2. The molecule has 0 aromatic heterocycles. The lowest BCUT2D eigenvalue weighted by Crippen LogP contribution is -2.27. The standard InChI is InChI=1S/C24H45NO2S/c1-3-5-6-7-8-9-10-11-12-13-14-15-16-17-18-19-24(26)25-20-21-27-22-23-28-4-2/h4,11-12H,2-3,5-10,13-23H2,1H3,(H,25,26)/b12-11-. The number of hydrogen-bond acceptors (Lipinski definition) is 3. The Morgan fingerprint density at radius 3 is 2.14 bits per heavy atom. The summed E-state index contributed by atoms with van der Waals surface area (Å²) in [6.07, 6.45) is 22.1. The molecule has 28 heavy (non-hydrogen) atoms. The lowest BCUT2D eigenvalue weighted by molar-refractivity contribution is -0.121. The molecule has 0 aliphatic rings. The van der Waals surface area contributed by atoms with Gasteiger partial charge in [0.15, 0.2) is 0 Å². The number of allylic oxidation sites excluding steroid dienone is 2. The fourth-order valence-corrected chi connectivity index (χ4v) is 3.38. The number of amides is 1. The molecule has 0 fully saturated rings. The van der Waals surface area contributed by atoms with Crippen LogP contribution in [-0.2, 0) is 9.53 Å². The summed E-state index contributed by atoms with van der Waals surface area (Å²) in [5, 5.41) is 4.74. The zero-order valence-corrected chi connectivity index (χ0v) is 19.2. The summed E-state index contributed by atoms with van der Waals surface area (Å²) >= 11 is 1.65. The second-order valence-electron chi connectivity index (χ2n) is 7.33. The highest BCUT2D eigenvalue weighted by Crippen LogP contribution is 2.10. The summed E-state index contributed by atoms with van der Waals surface area (Å²) in [6, 6.07) is 0. The van der Waals surface area contributed by atoms with E-state index in [2.05, 4.69) is 31.0 Å². The quantitative estimate of drug-likeness (QED) is 0.153. The van der Waals surface area contributed by atoms with Crippen molar-refractivity contribution in [2.75, 3.05) is 25.5 Å². The Balaban J connectivity index is 3.20. The van der Waals surface area contributed by atoms with Crippen LogP contribution >= 0.6 is 11.8 Å². The third-order valence-corrected chi connectivity index (χ3v) is 5.34. The summed E-state index contributed by atoms with van der Waals surface area (Å²) in [6.45, 7) is 7.83. The van der Waals surface area contributed by atoms with Crippen LogP contribution in [0.2, 0.25) is 0 Å². The van der Waals surface area contributed by atoms with Crippen molar-refractivity contribution in [2.24, 2.45) is 0 Å². The van der Waals surface area contributed by atoms with E-state index in [9.17, 15) is 4.79 Å². The van der Waals surface area contributed by atoms with Crippen LogP contribution in [0, 0.1) is 0 Å². The SMILES string of the molecule is C=CSCCOCCNC(=O)CCCCCCC/C=C\CCCCCCCC. The maximum absolute atomic E-state index is 11.7. The van der Waals surface area contributed by atoms with Crippen molar-refractivity contribution >= 4 is 17.7 Å².